The van der Waals surface area contributed by atoms with Crippen LogP contribution in [0.3, 0.4) is 0 Å². The van der Waals surface area contributed by atoms with Gasteiger partial charge in [-0.1, -0.05) is 6.07 Å². The van der Waals surface area contributed by atoms with Crippen molar-refractivity contribution in [3.05, 3.63) is 35.7 Å². The van der Waals surface area contributed by atoms with Crippen molar-refractivity contribution in [2.75, 3.05) is 20.7 Å². The van der Waals surface area contributed by atoms with Gasteiger partial charge in [0.2, 0.25) is 5.91 Å². The van der Waals surface area contributed by atoms with Gasteiger partial charge in [-0.25, -0.2) is 4.39 Å². The van der Waals surface area contributed by atoms with Crippen LogP contribution in [0.1, 0.15) is 12.0 Å². The summed E-state index contributed by atoms with van der Waals surface area (Å²) in [5.41, 5.74) is 0.570. The number of benzene rings is 1. The Bertz CT molecular complexity index is 521. The number of nitrogens with zero attached hydrogens (tertiary/aromatic N) is 2. The topological polar surface area (TPSA) is 53.3 Å². The number of carbonyl (C=O) groups excluding carboxylic acids is 1. The highest BCUT2D eigenvalue weighted by Crippen LogP contribution is 2.18. The zero-order valence-electron chi connectivity index (χ0n) is 10.9. The normalized spacial score (nSPS) is 10.2. The van der Waals surface area contributed by atoms with Crippen molar-refractivity contribution >= 4 is 12.0 Å². The van der Waals surface area contributed by atoms with E-state index in [1.165, 1.54) is 36.3 Å². The molecule has 0 atom stereocenters. The molecule has 1 rings (SSSR count). The Labute approximate surface area is 111 Å². The second kappa shape index (κ2) is 7.17. The summed E-state index contributed by atoms with van der Waals surface area (Å²) in [6.07, 6.45) is 3.15. The molecule has 4 nitrogen and oxygen atoms in total. The molecule has 0 saturated heterocycles. The summed E-state index contributed by atoms with van der Waals surface area (Å²) in [4.78, 5) is 13.1. The Hall–Kier alpha value is -2.35. The van der Waals surface area contributed by atoms with Crippen LogP contribution in [0, 0.1) is 17.1 Å². The number of nitriles is 1. The summed E-state index contributed by atoms with van der Waals surface area (Å²) in [5.74, 6) is -0.545. The number of amides is 1. The number of likely N-dealkylation sites (N-methyl/N-ethyl adjacent to an activating group) is 1. The third-order valence-electron chi connectivity index (χ3n) is 2.53. The van der Waals surface area contributed by atoms with Crippen LogP contribution in [0.5, 0.6) is 5.75 Å². The van der Waals surface area contributed by atoms with E-state index in [2.05, 4.69) is 0 Å². The van der Waals surface area contributed by atoms with E-state index in [0.717, 1.165) is 0 Å². The van der Waals surface area contributed by atoms with Crippen LogP contribution in [0.25, 0.3) is 6.08 Å². The predicted octanol–water partition coefficient (Wildman–Crippen LogP) is 2.22. The number of halogens is 1. The second-order valence-corrected chi connectivity index (χ2v) is 3.90. The first kappa shape index (κ1) is 14.7. The predicted molar refractivity (Wildman–Crippen MR) is 69.9 cm³/mol. The van der Waals surface area contributed by atoms with Gasteiger partial charge in [-0.15, -0.1) is 0 Å². The molecule has 0 spiro atoms. The van der Waals surface area contributed by atoms with Crippen molar-refractivity contribution in [1.82, 2.24) is 4.90 Å². The lowest BCUT2D eigenvalue weighted by Gasteiger charge is -2.12. The molecular weight excluding hydrogens is 247 g/mol. The van der Waals surface area contributed by atoms with Gasteiger partial charge in [0.15, 0.2) is 11.6 Å². The Morgan fingerprint density at radius 3 is 2.89 bits per heavy atom. The molecule has 19 heavy (non-hydrogen) atoms. The third kappa shape index (κ3) is 4.43. The molecule has 100 valence electrons. The van der Waals surface area contributed by atoms with Crippen molar-refractivity contribution in [2.24, 2.45) is 0 Å². The van der Waals surface area contributed by atoms with Crippen molar-refractivity contribution in [3.8, 4) is 11.8 Å². The van der Waals surface area contributed by atoms with Gasteiger partial charge in [0.05, 0.1) is 19.6 Å². The lowest BCUT2D eigenvalue weighted by molar-refractivity contribution is -0.124. The maximum absolute atomic E-state index is 13.4. The quantitative estimate of drug-likeness (QED) is 0.764. The van der Waals surface area contributed by atoms with Gasteiger partial charge < -0.3 is 9.64 Å². The second-order valence-electron chi connectivity index (χ2n) is 3.90. The zero-order valence-corrected chi connectivity index (χ0v) is 10.9. The molecule has 0 saturated carbocycles. The first-order valence-corrected chi connectivity index (χ1v) is 5.72. The number of methoxy groups -OCH3 is 1. The van der Waals surface area contributed by atoms with Crippen molar-refractivity contribution in [3.63, 3.8) is 0 Å². The highest BCUT2D eigenvalue weighted by atomic mass is 19.1. The fourth-order valence-electron chi connectivity index (χ4n) is 1.41. The first-order chi connectivity index (χ1) is 9.08. The fourth-order valence-corrected chi connectivity index (χ4v) is 1.41. The summed E-state index contributed by atoms with van der Waals surface area (Å²) < 4.78 is 18.2. The standard InChI is InChI=1S/C14H15FN2O2/c1-17(9-3-8-16)14(18)7-5-11-4-6-13(19-2)12(15)10-11/h4-7,10H,3,9H2,1-2H3/b7-5-. The molecule has 0 bridgehead atoms. The van der Waals surface area contributed by atoms with E-state index < -0.39 is 5.82 Å². The highest BCUT2D eigenvalue weighted by Gasteiger charge is 2.05. The SMILES string of the molecule is COc1ccc(/C=C\C(=O)N(C)CCC#N)cc1F. The fraction of sp³-hybridized carbons (Fsp3) is 0.286. The summed E-state index contributed by atoms with van der Waals surface area (Å²) in [6, 6.07) is 6.41. The molecular formula is C14H15FN2O2. The van der Waals surface area contributed by atoms with Crippen LogP contribution in [0.4, 0.5) is 4.39 Å². The van der Waals surface area contributed by atoms with Crippen LogP contribution >= 0.6 is 0 Å². The Kier molecular flexibility index (Phi) is 5.55. The van der Waals surface area contributed by atoms with E-state index in [0.29, 0.717) is 12.1 Å². The van der Waals surface area contributed by atoms with Crippen LogP contribution in [0.2, 0.25) is 0 Å². The summed E-state index contributed by atoms with van der Waals surface area (Å²) in [5, 5.41) is 8.43. The lowest BCUT2D eigenvalue weighted by Crippen LogP contribution is -2.25. The van der Waals surface area contributed by atoms with Crippen molar-refractivity contribution < 1.29 is 13.9 Å². The maximum atomic E-state index is 13.4. The van der Waals surface area contributed by atoms with Gasteiger partial charge in [0, 0.05) is 19.7 Å². The number of ether oxygens (including phenoxy) is 1. The molecule has 0 N–H and O–H groups in total. The van der Waals surface area contributed by atoms with E-state index in [9.17, 15) is 9.18 Å². The number of hydrogen-bond donors (Lipinski definition) is 0. The van der Waals surface area contributed by atoms with Crippen molar-refractivity contribution in [1.29, 1.82) is 5.26 Å². The van der Waals surface area contributed by atoms with Crippen LogP contribution in [-0.4, -0.2) is 31.5 Å². The molecule has 0 unspecified atom stereocenters. The maximum Gasteiger partial charge on any atom is 0.246 e. The van der Waals surface area contributed by atoms with E-state index in [1.54, 1.807) is 13.1 Å². The van der Waals surface area contributed by atoms with Gasteiger partial charge in [0.25, 0.3) is 0 Å². The van der Waals surface area contributed by atoms with E-state index in [4.69, 9.17) is 10.00 Å². The average molecular weight is 262 g/mol. The molecule has 1 amide bonds. The minimum Gasteiger partial charge on any atom is -0.494 e. The van der Waals surface area contributed by atoms with Gasteiger partial charge in [-0.05, 0) is 23.8 Å². The zero-order chi connectivity index (χ0) is 14.3. The molecule has 0 fully saturated rings. The smallest absolute Gasteiger partial charge is 0.246 e. The summed E-state index contributed by atoms with van der Waals surface area (Å²) >= 11 is 0. The lowest BCUT2D eigenvalue weighted by atomic mass is 10.2. The number of hydrogen-bond acceptors (Lipinski definition) is 3. The summed E-state index contributed by atoms with van der Waals surface area (Å²) in [7, 11) is 3.00. The van der Waals surface area contributed by atoms with Crippen LogP contribution in [-0.2, 0) is 4.79 Å². The van der Waals surface area contributed by atoms with Gasteiger partial charge in [0.1, 0.15) is 0 Å². The van der Waals surface area contributed by atoms with Crippen molar-refractivity contribution in [2.45, 2.75) is 6.42 Å². The molecule has 1 aromatic carbocycles. The number of carbonyl (C=O) groups is 1. The minimum atomic E-state index is -0.477. The average Bonchev–Trinajstić information content (AvgIpc) is 2.42. The number of rotatable bonds is 5. The Morgan fingerprint density at radius 2 is 2.32 bits per heavy atom. The highest BCUT2D eigenvalue weighted by molar-refractivity contribution is 5.91. The van der Waals surface area contributed by atoms with Crippen LogP contribution < -0.4 is 4.74 Å². The molecule has 0 heterocycles. The Balaban J connectivity index is 2.68. The van der Waals surface area contributed by atoms with Gasteiger partial charge in [-0.3, -0.25) is 4.79 Å². The Morgan fingerprint density at radius 1 is 1.58 bits per heavy atom. The molecule has 0 aliphatic heterocycles. The van der Waals surface area contributed by atoms with Crippen LogP contribution in [0.15, 0.2) is 24.3 Å². The van der Waals surface area contributed by atoms with E-state index in [-0.39, 0.29) is 18.1 Å². The molecule has 0 aliphatic carbocycles. The first-order valence-electron chi connectivity index (χ1n) is 5.72. The van der Waals surface area contributed by atoms with Gasteiger partial charge in [-0.2, -0.15) is 5.26 Å². The monoisotopic (exact) mass is 262 g/mol. The third-order valence-corrected chi connectivity index (χ3v) is 2.53. The molecule has 0 radical (unpaired) electrons. The largest absolute Gasteiger partial charge is 0.494 e. The molecule has 5 heteroatoms. The van der Waals surface area contributed by atoms with E-state index in [1.807, 2.05) is 6.07 Å². The molecule has 0 aromatic heterocycles. The summed E-state index contributed by atoms with van der Waals surface area (Å²) in [6.45, 7) is 0.372. The van der Waals surface area contributed by atoms with Gasteiger partial charge >= 0.3 is 0 Å². The minimum absolute atomic E-state index is 0.162. The molecule has 0 aliphatic rings. The van der Waals surface area contributed by atoms with E-state index >= 15 is 0 Å². The molecule has 1 aromatic rings.